The van der Waals surface area contributed by atoms with Gasteiger partial charge in [0.15, 0.2) is 0 Å². The van der Waals surface area contributed by atoms with Crippen molar-refractivity contribution in [3.05, 3.63) is 70.2 Å². The summed E-state index contributed by atoms with van der Waals surface area (Å²) in [5.41, 5.74) is 1.88. The smallest absolute Gasteiger partial charge is 0.268 e. The molecular weight excluding hydrogens is 436 g/mol. The molecule has 7 nitrogen and oxygen atoms in total. The predicted octanol–water partition coefficient (Wildman–Crippen LogP) is 5.19. The maximum Gasteiger partial charge on any atom is 0.268 e. The van der Waals surface area contributed by atoms with Gasteiger partial charge in [-0.15, -0.1) is 10.2 Å². The third kappa shape index (κ3) is 7.74. The summed E-state index contributed by atoms with van der Waals surface area (Å²) in [4.78, 5) is 12.4. The van der Waals surface area contributed by atoms with E-state index in [9.17, 15) is 10.1 Å². The highest BCUT2D eigenvalue weighted by Gasteiger charge is 2.13. The molecule has 0 aliphatic carbocycles. The number of nitriles is 1. The lowest BCUT2D eigenvalue weighted by Crippen LogP contribution is -2.13. The third-order valence-electron chi connectivity index (χ3n) is 4.63. The van der Waals surface area contributed by atoms with Crippen LogP contribution in [-0.4, -0.2) is 29.3 Å². The molecule has 2 aromatic carbocycles. The first kappa shape index (κ1) is 24.0. The highest BCUT2D eigenvalue weighted by molar-refractivity contribution is 7.15. The number of carbonyl (C=O) groups excluding carboxylic acids is 1. The zero-order chi connectivity index (χ0) is 23.5. The Balaban J connectivity index is 1.50. The fourth-order valence-corrected chi connectivity index (χ4v) is 3.60. The number of benzene rings is 2. The second-order valence-electron chi connectivity index (χ2n) is 7.31. The van der Waals surface area contributed by atoms with Crippen molar-refractivity contribution in [3.63, 3.8) is 0 Å². The zero-order valence-electron chi connectivity index (χ0n) is 18.7. The van der Waals surface area contributed by atoms with Gasteiger partial charge in [-0.1, -0.05) is 54.5 Å². The van der Waals surface area contributed by atoms with Gasteiger partial charge in [0, 0.05) is 6.42 Å². The van der Waals surface area contributed by atoms with Gasteiger partial charge in [-0.2, -0.15) is 5.26 Å². The van der Waals surface area contributed by atoms with Crippen LogP contribution in [0.1, 0.15) is 35.9 Å². The molecule has 3 rings (SSSR count). The number of nitrogens with zero attached hydrogens (tertiary/aromatic N) is 3. The van der Waals surface area contributed by atoms with Crippen LogP contribution >= 0.6 is 11.3 Å². The van der Waals surface area contributed by atoms with E-state index in [0.29, 0.717) is 29.7 Å². The number of ether oxygens (including phenoxy) is 2. The maximum absolute atomic E-state index is 12.4. The molecular formula is C25H26N4O3S. The number of carbonyl (C=O) groups is 1. The van der Waals surface area contributed by atoms with Crippen LogP contribution in [0.3, 0.4) is 0 Å². The van der Waals surface area contributed by atoms with E-state index < -0.39 is 5.91 Å². The number of hydrogen-bond donors (Lipinski definition) is 1. The van der Waals surface area contributed by atoms with Gasteiger partial charge in [-0.05, 0) is 49.2 Å². The van der Waals surface area contributed by atoms with E-state index in [4.69, 9.17) is 9.47 Å². The molecule has 3 aromatic rings. The summed E-state index contributed by atoms with van der Waals surface area (Å²) < 4.78 is 11.3. The Kier molecular flexibility index (Phi) is 8.98. The van der Waals surface area contributed by atoms with Crippen molar-refractivity contribution < 1.29 is 14.3 Å². The second-order valence-corrected chi connectivity index (χ2v) is 8.37. The topological polar surface area (TPSA) is 97.1 Å². The first-order chi connectivity index (χ1) is 16.1. The molecule has 8 heteroatoms. The number of anilines is 1. The zero-order valence-corrected chi connectivity index (χ0v) is 19.5. The Morgan fingerprint density at radius 3 is 2.30 bits per heavy atom. The van der Waals surface area contributed by atoms with E-state index in [1.54, 1.807) is 24.3 Å². The van der Waals surface area contributed by atoms with Crippen LogP contribution < -0.4 is 14.8 Å². The fraction of sp³-hybridized carbons (Fsp3) is 0.280. The van der Waals surface area contributed by atoms with E-state index in [2.05, 4.69) is 22.4 Å². The second kappa shape index (κ2) is 12.4. The summed E-state index contributed by atoms with van der Waals surface area (Å²) >= 11 is 1.33. The average molecular weight is 463 g/mol. The van der Waals surface area contributed by atoms with Gasteiger partial charge < -0.3 is 9.47 Å². The Morgan fingerprint density at radius 1 is 1.06 bits per heavy atom. The van der Waals surface area contributed by atoms with Gasteiger partial charge in [0.2, 0.25) is 5.13 Å². The van der Waals surface area contributed by atoms with Gasteiger partial charge in [-0.3, -0.25) is 10.1 Å². The van der Waals surface area contributed by atoms with E-state index in [1.807, 2.05) is 37.3 Å². The first-order valence-corrected chi connectivity index (χ1v) is 11.6. The molecule has 1 heterocycles. The quantitative estimate of drug-likeness (QED) is 0.239. The van der Waals surface area contributed by atoms with Crippen LogP contribution in [0.2, 0.25) is 0 Å². The van der Waals surface area contributed by atoms with E-state index >= 15 is 0 Å². The Bertz CT molecular complexity index is 1120. The van der Waals surface area contributed by atoms with E-state index in [1.165, 1.54) is 23.0 Å². The normalized spacial score (nSPS) is 11.0. The van der Waals surface area contributed by atoms with Gasteiger partial charge in [0.1, 0.15) is 41.4 Å². The van der Waals surface area contributed by atoms with Crippen LogP contribution in [0.4, 0.5) is 5.13 Å². The van der Waals surface area contributed by atoms with Crippen molar-refractivity contribution >= 4 is 28.5 Å². The molecule has 0 fully saturated rings. The Hall–Kier alpha value is -3.70. The molecule has 1 amide bonds. The minimum absolute atomic E-state index is 0.0134. The molecule has 0 unspecified atom stereocenters. The number of hydrogen-bond acceptors (Lipinski definition) is 7. The summed E-state index contributed by atoms with van der Waals surface area (Å²) in [5, 5.41) is 21.4. The van der Waals surface area contributed by atoms with Gasteiger partial charge in [0.25, 0.3) is 5.91 Å². The maximum atomic E-state index is 12.4. The van der Waals surface area contributed by atoms with Gasteiger partial charge in [0.05, 0.1) is 0 Å². The molecule has 0 radical (unpaired) electrons. The SMILES string of the molecule is CCCCc1nnc(NC(=O)/C(C#N)=C\c2ccc(OCCOc3ccc(C)cc3)cc2)s1. The highest BCUT2D eigenvalue weighted by atomic mass is 32.1. The lowest BCUT2D eigenvalue weighted by molar-refractivity contribution is -0.112. The third-order valence-corrected chi connectivity index (χ3v) is 5.53. The average Bonchev–Trinajstić information content (AvgIpc) is 3.28. The summed E-state index contributed by atoms with van der Waals surface area (Å²) in [7, 11) is 0. The predicted molar refractivity (Wildman–Crippen MR) is 129 cm³/mol. The molecule has 1 aromatic heterocycles. The minimum atomic E-state index is -0.510. The van der Waals surface area contributed by atoms with Crippen molar-refractivity contribution in [2.24, 2.45) is 0 Å². The summed E-state index contributed by atoms with van der Waals surface area (Å²) in [6, 6.07) is 16.9. The molecule has 0 bridgehead atoms. The van der Waals surface area contributed by atoms with Crippen molar-refractivity contribution in [1.29, 1.82) is 5.26 Å². The van der Waals surface area contributed by atoms with Crippen LogP contribution in [-0.2, 0) is 11.2 Å². The molecule has 0 atom stereocenters. The molecule has 0 saturated heterocycles. The number of unbranched alkanes of at least 4 members (excludes halogenated alkanes) is 1. The lowest BCUT2D eigenvalue weighted by Gasteiger charge is -2.09. The highest BCUT2D eigenvalue weighted by Crippen LogP contribution is 2.19. The lowest BCUT2D eigenvalue weighted by atomic mass is 10.1. The number of nitrogens with one attached hydrogen (secondary N) is 1. The summed E-state index contributed by atoms with van der Waals surface area (Å²) in [6.45, 7) is 4.96. The van der Waals surface area contributed by atoms with Crippen molar-refractivity contribution in [1.82, 2.24) is 10.2 Å². The first-order valence-electron chi connectivity index (χ1n) is 10.7. The van der Waals surface area contributed by atoms with Crippen molar-refractivity contribution in [2.45, 2.75) is 33.1 Å². The Labute approximate surface area is 197 Å². The molecule has 0 spiro atoms. The van der Waals surface area contributed by atoms with Crippen LogP contribution in [0.15, 0.2) is 54.1 Å². The number of amides is 1. The fourth-order valence-electron chi connectivity index (χ4n) is 2.83. The molecule has 0 aliphatic rings. The molecule has 0 aliphatic heterocycles. The Morgan fingerprint density at radius 2 is 1.70 bits per heavy atom. The van der Waals surface area contributed by atoms with Crippen LogP contribution in [0.5, 0.6) is 11.5 Å². The van der Waals surface area contributed by atoms with E-state index in [-0.39, 0.29) is 5.57 Å². The van der Waals surface area contributed by atoms with Crippen LogP contribution in [0, 0.1) is 18.3 Å². The molecule has 33 heavy (non-hydrogen) atoms. The summed E-state index contributed by atoms with van der Waals surface area (Å²) in [5.74, 6) is 0.970. The molecule has 0 saturated carbocycles. The molecule has 1 N–H and O–H groups in total. The van der Waals surface area contributed by atoms with Crippen molar-refractivity contribution in [3.8, 4) is 17.6 Å². The monoisotopic (exact) mass is 462 g/mol. The van der Waals surface area contributed by atoms with Gasteiger partial charge in [-0.25, -0.2) is 0 Å². The number of aromatic nitrogens is 2. The summed E-state index contributed by atoms with van der Waals surface area (Å²) in [6.07, 6.45) is 4.44. The van der Waals surface area contributed by atoms with Gasteiger partial charge >= 0.3 is 0 Å². The molecule has 170 valence electrons. The largest absolute Gasteiger partial charge is 0.490 e. The van der Waals surface area contributed by atoms with Crippen LogP contribution in [0.25, 0.3) is 6.08 Å². The number of rotatable bonds is 11. The standard InChI is InChI=1S/C25H26N4O3S/c1-3-4-5-23-28-29-25(33-23)27-24(30)20(17-26)16-19-8-12-22(13-9-19)32-15-14-31-21-10-6-18(2)7-11-21/h6-13,16H,3-5,14-15H2,1-2H3,(H,27,29,30)/b20-16-. The van der Waals surface area contributed by atoms with Crippen molar-refractivity contribution in [2.75, 3.05) is 18.5 Å². The minimum Gasteiger partial charge on any atom is -0.490 e. The van der Waals surface area contributed by atoms with E-state index in [0.717, 1.165) is 30.0 Å². The number of aryl methyl sites for hydroxylation is 2.